The number of anilines is 12. The third-order valence-electron chi connectivity index (χ3n) is 23.3. The Hall–Kier alpha value is -14.6. The number of aliphatic carboxylic acids is 2. The molecule has 6 aliphatic rings. The average molecular weight is 1710 g/mol. The summed E-state index contributed by atoms with van der Waals surface area (Å²) in [5, 5.41) is 56.8. The molecule has 0 radical (unpaired) electrons. The first-order valence-corrected chi connectivity index (χ1v) is 42.5. The fraction of sp³-hybridized carbons (Fsp3) is 0.380. The van der Waals surface area contributed by atoms with E-state index in [0.29, 0.717) is 147 Å². The summed E-state index contributed by atoms with van der Waals surface area (Å²) in [6, 6.07) is 48.5. The molecular weight excluding hydrogens is 1610 g/mol. The molecule has 34 heteroatoms. The van der Waals surface area contributed by atoms with Gasteiger partial charge in [-0.15, -0.1) is 0 Å². The number of nitrogens with one attached hydrogen (secondary N) is 6. The van der Waals surface area contributed by atoms with Crippen LogP contribution in [-0.4, -0.2) is 206 Å². The summed E-state index contributed by atoms with van der Waals surface area (Å²) in [4.78, 5) is 125. The quantitative estimate of drug-likeness (QED) is 0.0227. The summed E-state index contributed by atoms with van der Waals surface area (Å²) in [6.45, 7) is 10.6. The average Bonchev–Trinajstić information content (AvgIpc) is 0.807. The van der Waals surface area contributed by atoms with Gasteiger partial charge in [0.1, 0.15) is 46.8 Å². The van der Waals surface area contributed by atoms with Crippen molar-refractivity contribution >= 4 is 111 Å². The van der Waals surface area contributed by atoms with Crippen LogP contribution >= 0.6 is 0 Å². The maximum atomic E-state index is 12.8. The third-order valence-corrected chi connectivity index (χ3v) is 23.3. The molecule has 656 valence electrons. The Kier molecular flexibility index (Phi) is 30.4. The Labute approximate surface area is 730 Å². The van der Waals surface area contributed by atoms with Crippen LogP contribution in [0.15, 0.2) is 164 Å². The number of carbonyl (C=O) groups is 7. The van der Waals surface area contributed by atoms with Crippen LogP contribution in [0.4, 0.5) is 69.0 Å². The number of piperidine rings is 6. The first-order valence-electron chi connectivity index (χ1n) is 42.5. The van der Waals surface area contributed by atoms with Gasteiger partial charge in [-0.25, -0.2) is 29.9 Å². The van der Waals surface area contributed by atoms with Crippen molar-refractivity contribution in [3.63, 3.8) is 0 Å². The van der Waals surface area contributed by atoms with Gasteiger partial charge < -0.3 is 96.2 Å². The van der Waals surface area contributed by atoms with Crippen LogP contribution in [0.25, 0.3) is 0 Å². The van der Waals surface area contributed by atoms with E-state index in [-0.39, 0.29) is 82.5 Å². The first-order chi connectivity index (χ1) is 61.2. The lowest BCUT2D eigenvalue weighted by atomic mass is 9.96. The van der Waals surface area contributed by atoms with E-state index >= 15 is 0 Å². The van der Waals surface area contributed by atoms with Crippen molar-refractivity contribution in [2.45, 2.75) is 102 Å². The van der Waals surface area contributed by atoms with E-state index in [1.165, 1.54) is 6.20 Å². The van der Waals surface area contributed by atoms with E-state index in [1.807, 2.05) is 84.6 Å². The van der Waals surface area contributed by atoms with Crippen molar-refractivity contribution in [1.29, 1.82) is 10.5 Å². The molecular formula is C92H105N21O13. The zero-order chi connectivity index (χ0) is 88.6. The number of rotatable bonds is 26. The van der Waals surface area contributed by atoms with Gasteiger partial charge >= 0.3 is 17.9 Å². The van der Waals surface area contributed by atoms with Gasteiger partial charge in [-0.1, -0.05) is 0 Å². The van der Waals surface area contributed by atoms with Gasteiger partial charge in [0, 0.05) is 147 Å². The lowest BCUT2D eigenvalue weighted by molar-refractivity contribution is -0.148. The van der Waals surface area contributed by atoms with E-state index in [1.54, 1.807) is 107 Å². The normalized spacial score (nSPS) is 17.3. The predicted molar refractivity (Wildman–Crippen MR) is 477 cm³/mol. The molecule has 9 aromatic rings. The van der Waals surface area contributed by atoms with E-state index in [9.17, 15) is 54.3 Å². The minimum absolute atomic E-state index is 0.0277. The number of benzene rings is 6. The van der Waals surface area contributed by atoms with Gasteiger partial charge in [0.05, 0.1) is 64.3 Å². The number of primary amides is 1. The Morgan fingerprint density at radius 1 is 0.405 bits per heavy atom. The van der Waals surface area contributed by atoms with Crippen LogP contribution in [0, 0.1) is 40.4 Å². The van der Waals surface area contributed by atoms with Gasteiger partial charge in [0.25, 0.3) is 23.6 Å². The maximum Gasteiger partial charge on any atom is 0.309 e. The second kappa shape index (κ2) is 43.0. The number of methoxy groups -OCH3 is 3. The van der Waals surface area contributed by atoms with Gasteiger partial charge in [0.15, 0.2) is 34.5 Å². The molecule has 3 aromatic heterocycles. The van der Waals surface area contributed by atoms with E-state index in [4.69, 9.17) is 39.6 Å². The lowest BCUT2D eigenvalue weighted by Crippen LogP contribution is -2.48. The summed E-state index contributed by atoms with van der Waals surface area (Å²) < 4.78 is 20.7. The number of carboxylic acids is 2. The summed E-state index contributed by atoms with van der Waals surface area (Å²) in [5.41, 5.74) is 13.1. The minimum Gasteiger partial charge on any atom is -0.497 e. The minimum atomic E-state index is -0.735. The highest BCUT2D eigenvalue weighted by molar-refractivity contribution is 5.97. The molecule has 6 fully saturated rings. The highest BCUT2D eigenvalue weighted by Crippen LogP contribution is 2.34. The topological polar surface area (TPSA) is 439 Å². The summed E-state index contributed by atoms with van der Waals surface area (Å²) >= 11 is 0. The molecule has 0 unspecified atom stereocenters. The second-order valence-corrected chi connectivity index (χ2v) is 31.6. The lowest BCUT2D eigenvalue weighted by Gasteiger charge is -2.34. The smallest absolute Gasteiger partial charge is 0.309 e. The molecule has 0 aliphatic carbocycles. The molecule has 15 rings (SSSR count). The summed E-state index contributed by atoms with van der Waals surface area (Å²) in [6.07, 6.45) is 13.9. The van der Waals surface area contributed by atoms with Crippen LogP contribution in [0.5, 0.6) is 17.2 Å². The highest BCUT2D eigenvalue weighted by Gasteiger charge is 2.32. The van der Waals surface area contributed by atoms with Crippen molar-refractivity contribution < 1.29 is 62.7 Å². The number of carbonyl (C=O) groups excluding carboxylic acids is 5. The van der Waals surface area contributed by atoms with Crippen LogP contribution < -0.4 is 81.2 Å². The van der Waals surface area contributed by atoms with E-state index in [0.717, 1.165) is 113 Å². The largest absolute Gasteiger partial charge is 0.497 e. The number of nitrogens with zero attached hydrogens (tertiary/aromatic N) is 14. The van der Waals surface area contributed by atoms with Crippen LogP contribution in [-0.2, 0) is 19.1 Å². The zero-order valence-electron chi connectivity index (χ0n) is 71.0. The number of carboxylic acid groups (broad SMARTS) is 2. The van der Waals surface area contributed by atoms with Gasteiger partial charge in [-0.05, 0) is 230 Å². The number of hydrogen-bond donors (Lipinski definition) is 9. The fourth-order valence-corrected chi connectivity index (χ4v) is 16.2. The Balaban J connectivity index is 0.000000162. The number of amides is 4. The molecule has 10 N–H and O–H groups in total. The Morgan fingerprint density at radius 2 is 0.706 bits per heavy atom. The Bertz CT molecular complexity index is 5330. The molecule has 6 saturated heterocycles. The monoisotopic (exact) mass is 1710 g/mol. The van der Waals surface area contributed by atoms with Crippen molar-refractivity contribution in [2.75, 3.05) is 152 Å². The number of ether oxygens (including phenoxy) is 4. The summed E-state index contributed by atoms with van der Waals surface area (Å²) in [5.74, 6) is 1.65. The van der Waals surface area contributed by atoms with Crippen molar-refractivity contribution in [1.82, 2.24) is 45.9 Å². The van der Waals surface area contributed by atoms with Crippen molar-refractivity contribution in [3.05, 3.63) is 198 Å². The fourth-order valence-electron chi connectivity index (χ4n) is 16.2. The molecule has 126 heavy (non-hydrogen) atoms. The zero-order valence-corrected chi connectivity index (χ0v) is 71.0. The Morgan fingerprint density at radius 3 is 1.00 bits per heavy atom. The molecule has 0 spiro atoms. The summed E-state index contributed by atoms with van der Waals surface area (Å²) in [7, 11) is 4.76. The number of nitrogens with two attached hydrogens (primary N) is 1. The van der Waals surface area contributed by atoms with Crippen LogP contribution in [0.3, 0.4) is 0 Å². The number of nitriles is 2. The van der Waals surface area contributed by atoms with Gasteiger partial charge in [-0.3, -0.25) is 33.6 Å². The molecule has 3 atom stereocenters. The second-order valence-electron chi connectivity index (χ2n) is 31.6. The SMILES string of the molecule is CCOC(=O)C1CCN(c2ccc(Nc3nc(N4CCC[C@@H](NC(=O)c5ccc(OC)cc5)C4)cnc3C#N)cc2)CC1.COc1ccc(C(=O)N[C@@H]2CCCN(c3cnc(C#N)c(Nc4ccc(N5CCC(C(=O)O)CC5)cc4)n3)C2)cc1.COc1ccc(C(=O)N[C@@H]2CCCN(c3cnc(C(N)=O)c(Nc4ccc(N5CCC(C(=O)O)CC5)cc4)n3)C2)cc1. The highest BCUT2D eigenvalue weighted by atomic mass is 16.5. The maximum absolute atomic E-state index is 12.8. The van der Waals surface area contributed by atoms with Crippen molar-refractivity contribution in [3.8, 4) is 29.4 Å². The molecule has 0 saturated carbocycles. The number of aromatic nitrogens is 6. The number of hydrogen-bond acceptors (Lipinski definition) is 28. The molecule has 4 amide bonds. The molecule has 34 nitrogen and oxygen atoms in total. The van der Waals surface area contributed by atoms with Gasteiger partial charge in [0.2, 0.25) is 0 Å². The third kappa shape index (κ3) is 23.6. The molecule has 0 bridgehead atoms. The standard InChI is InChI=1S/C32H37N7O4.C30H35N7O5.C30H33N7O4/c1-3-43-32(41)23-14-17-38(18-15-23)26-10-8-24(9-11-26)35-30-28(19-33)34-20-29(37-30)39-16-4-5-25(21-39)36-31(40)22-6-12-27(42-2)13-7-22;1-42-24-10-4-19(5-11-24)29(39)34-22-3-2-14-37(18-22)25-17-32-26(27(31)38)28(35-25)33-21-6-8-23(9-7-21)36-15-12-20(13-16-36)30(40)41;1-41-25-10-4-20(5-11-25)29(38)34-23-3-2-14-37(19-23)27-18-32-26(17-31)28(35-27)33-22-6-8-24(9-7-22)36-15-12-21(13-16-36)30(39)40/h6-13,20,23,25H,3-5,14-18,21H2,1-2H3,(H,35,37)(H,36,40);4-11,17,20,22H,2-3,12-16,18H2,1H3,(H2,31,38)(H,33,35)(H,34,39)(H,40,41);4-11,18,21,23H,2-3,12-16,19H2,1H3,(H,33,35)(H,34,38)(H,39,40)/t25-;22-;23-/m111/s1. The van der Waals surface area contributed by atoms with E-state index < -0.39 is 17.8 Å². The predicted octanol–water partition coefficient (Wildman–Crippen LogP) is 11.1. The van der Waals surface area contributed by atoms with Gasteiger partial charge in [-0.2, -0.15) is 10.5 Å². The van der Waals surface area contributed by atoms with Crippen LogP contribution in [0.1, 0.15) is 137 Å². The molecule has 6 aromatic carbocycles. The van der Waals surface area contributed by atoms with Crippen LogP contribution in [0.2, 0.25) is 0 Å². The molecule has 6 aliphatic heterocycles. The number of esters is 1. The molecule has 9 heterocycles. The van der Waals surface area contributed by atoms with Crippen molar-refractivity contribution in [2.24, 2.45) is 23.5 Å². The first kappa shape index (κ1) is 89.2. The van der Waals surface area contributed by atoms with E-state index in [2.05, 4.69) is 83.5 Å².